The van der Waals surface area contributed by atoms with E-state index in [0.29, 0.717) is 44.7 Å². The lowest BCUT2D eigenvalue weighted by Crippen LogP contribution is -2.29. The zero-order valence-corrected chi connectivity index (χ0v) is 22.0. The van der Waals surface area contributed by atoms with E-state index in [1.165, 1.54) is 18.6 Å². The molecule has 0 amide bonds. The topological polar surface area (TPSA) is 88.8 Å². The predicted molar refractivity (Wildman–Crippen MR) is 152 cm³/mol. The number of aromatic nitrogens is 3. The van der Waals surface area contributed by atoms with E-state index in [0.717, 1.165) is 54.9 Å². The van der Waals surface area contributed by atoms with E-state index in [1.54, 1.807) is 24.3 Å². The summed E-state index contributed by atoms with van der Waals surface area (Å²) < 4.78 is 39.7. The van der Waals surface area contributed by atoms with Crippen LogP contribution in [0.25, 0.3) is 44.7 Å². The molecule has 0 unspecified atom stereocenters. The molecule has 1 saturated heterocycles. The van der Waals surface area contributed by atoms with Crippen molar-refractivity contribution in [2.45, 2.75) is 32.0 Å². The average molecular weight is 554 g/mol. The first-order valence-electron chi connectivity index (χ1n) is 13.4. The molecule has 3 heterocycles. The minimum atomic E-state index is -4.45. The van der Waals surface area contributed by atoms with E-state index in [1.807, 2.05) is 24.3 Å². The molecule has 1 aliphatic rings. The van der Waals surface area contributed by atoms with E-state index >= 15 is 0 Å². The normalized spacial score (nSPS) is 13.9. The SMILES string of the molecule is N#Cc1c(-c2ccc(CO)cc2)nc2n[nH]c(-c3ccc(C(F)(F)F)cc3)c2c1-c1ccc(N2CCCCC2)cc1. The molecule has 41 heavy (non-hydrogen) atoms. The van der Waals surface area contributed by atoms with Crippen LogP contribution in [0.5, 0.6) is 0 Å². The fraction of sp³-hybridized carbons (Fsp3) is 0.219. The highest BCUT2D eigenvalue weighted by molar-refractivity contribution is 6.06. The van der Waals surface area contributed by atoms with Gasteiger partial charge in [0.2, 0.25) is 0 Å². The molecule has 6 rings (SSSR count). The minimum Gasteiger partial charge on any atom is -0.392 e. The lowest BCUT2D eigenvalue weighted by molar-refractivity contribution is -0.137. The molecule has 0 bridgehead atoms. The van der Waals surface area contributed by atoms with Crippen LogP contribution in [0.4, 0.5) is 18.9 Å². The van der Waals surface area contributed by atoms with Crippen LogP contribution in [-0.2, 0) is 12.8 Å². The van der Waals surface area contributed by atoms with Gasteiger partial charge in [0.15, 0.2) is 5.65 Å². The maximum atomic E-state index is 13.2. The molecule has 0 aliphatic carbocycles. The molecular weight excluding hydrogens is 527 g/mol. The Morgan fingerprint density at radius 2 is 1.49 bits per heavy atom. The van der Waals surface area contributed by atoms with Crippen molar-refractivity contribution in [1.29, 1.82) is 5.26 Å². The Kier molecular flexibility index (Phi) is 6.93. The van der Waals surface area contributed by atoms with E-state index in [9.17, 15) is 23.5 Å². The van der Waals surface area contributed by atoms with Crippen LogP contribution in [0.2, 0.25) is 0 Å². The van der Waals surface area contributed by atoms with Crippen LogP contribution in [0.3, 0.4) is 0 Å². The molecule has 0 radical (unpaired) electrons. The van der Waals surface area contributed by atoms with Crippen molar-refractivity contribution in [3.05, 3.63) is 89.5 Å². The van der Waals surface area contributed by atoms with Crippen molar-refractivity contribution in [2.75, 3.05) is 18.0 Å². The number of aromatic amines is 1. The Hall–Kier alpha value is -4.68. The number of benzene rings is 3. The molecule has 1 fully saturated rings. The third kappa shape index (κ3) is 5.03. The summed E-state index contributed by atoms with van der Waals surface area (Å²) in [6.45, 7) is 1.88. The van der Waals surface area contributed by atoms with Crippen molar-refractivity contribution >= 4 is 16.7 Å². The molecule has 5 aromatic rings. The second-order valence-corrected chi connectivity index (χ2v) is 10.1. The average Bonchev–Trinajstić information content (AvgIpc) is 3.44. The summed E-state index contributed by atoms with van der Waals surface area (Å²) in [7, 11) is 0. The molecule has 206 valence electrons. The third-order valence-corrected chi connectivity index (χ3v) is 7.60. The van der Waals surface area contributed by atoms with Crippen LogP contribution >= 0.6 is 0 Å². The van der Waals surface area contributed by atoms with Crippen LogP contribution in [0.1, 0.15) is 36.0 Å². The van der Waals surface area contributed by atoms with Crippen molar-refractivity contribution in [3.63, 3.8) is 0 Å². The lowest BCUT2D eigenvalue weighted by atomic mass is 9.91. The van der Waals surface area contributed by atoms with Crippen LogP contribution in [-0.4, -0.2) is 33.4 Å². The summed E-state index contributed by atoms with van der Waals surface area (Å²) in [6, 6.07) is 22.4. The summed E-state index contributed by atoms with van der Waals surface area (Å²) in [5.74, 6) is 0. The van der Waals surface area contributed by atoms with Gasteiger partial charge < -0.3 is 10.0 Å². The number of piperidine rings is 1. The van der Waals surface area contributed by atoms with E-state index in [4.69, 9.17) is 4.98 Å². The number of hydrogen-bond acceptors (Lipinski definition) is 5. The zero-order chi connectivity index (χ0) is 28.6. The monoisotopic (exact) mass is 553 g/mol. The van der Waals surface area contributed by atoms with Gasteiger partial charge in [-0.3, -0.25) is 5.10 Å². The van der Waals surface area contributed by atoms with E-state index < -0.39 is 11.7 Å². The van der Waals surface area contributed by atoms with Gasteiger partial charge in [0.25, 0.3) is 0 Å². The number of pyridine rings is 1. The summed E-state index contributed by atoms with van der Waals surface area (Å²) in [5, 5.41) is 27.9. The number of aliphatic hydroxyl groups excluding tert-OH is 1. The fourth-order valence-electron chi connectivity index (χ4n) is 5.46. The maximum absolute atomic E-state index is 13.2. The van der Waals surface area contributed by atoms with Crippen LogP contribution in [0, 0.1) is 11.3 Å². The van der Waals surface area contributed by atoms with Gasteiger partial charge in [0.1, 0.15) is 6.07 Å². The number of aliphatic hydroxyl groups is 1. The van der Waals surface area contributed by atoms with Gasteiger partial charge in [-0.25, -0.2) is 4.98 Å². The van der Waals surface area contributed by atoms with Gasteiger partial charge in [-0.05, 0) is 54.7 Å². The second-order valence-electron chi connectivity index (χ2n) is 10.1. The molecule has 6 nitrogen and oxygen atoms in total. The Bertz CT molecular complexity index is 1730. The highest BCUT2D eigenvalue weighted by Crippen LogP contribution is 2.41. The van der Waals surface area contributed by atoms with Crippen LogP contribution in [0.15, 0.2) is 72.8 Å². The Morgan fingerprint density at radius 3 is 2.10 bits per heavy atom. The first kappa shape index (κ1) is 26.5. The Balaban J connectivity index is 1.56. The van der Waals surface area contributed by atoms with Gasteiger partial charge in [-0.15, -0.1) is 0 Å². The van der Waals surface area contributed by atoms with Gasteiger partial charge in [0, 0.05) is 35.5 Å². The summed E-state index contributed by atoms with van der Waals surface area (Å²) in [6.07, 6.45) is -0.930. The lowest BCUT2D eigenvalue weighted by Gasteiger charge is -2.29. The van der Waals surface area contributed by atoms with Crippen LogP contribution < -0.4 is 4.90 Å². The highest BCUT2D eigenvalue weighted by Gasteiger charge is 2.30. The summed E-state index contributed by atoms with van der Waals surface area (Å²) >= 11 is 0. The number of H-pyrrole nitrogens is 1. The predicted octanol–water partition coefficient (Wildman–Crippen LogP) is 7.33. The zero-order valence-electron chi connectivity index (χ0n) is 22.0. The van der Waals surface area contributed by atoms with Gasteiger partial charge in [-0.1, -0.05) is 48.5 Å². The van der Waals surface area contributed by atoms with Crippen molar-refractivity contribution < 1.29 is 18.3 Å². The number of rotatable bonds is 5. The van der Waals surface area contributed by atoms with Gasteiger partial charge in [-0.2, -0.15) is 23.5 Å². The fourth-order valence-corrected chi connectivity index (χ4v) is 5.46. The Labute approximate surface area is 234 Å². The number of nitrogens with zero attached hydrogens (tertiary/aromatic N) is 4. The molecule has 3 aromatic carbocycles. The smallest absolute Gasteiger partial charge is 0.392 e. The van der Waals surface area contributed by atoms with E-state index in [2.05, 4.69) is 21.2 Å². The third-order valence-electron chi connectivity index (χ3n) is 7.60. The highest BCUT2D eigenvalue weighted by atomic mass is 19.4. The van der Waals surface area contributed by atoms with Crippen molar-refractivity contribution in [3.8, 4) is 39.7 Å². The largest absolute Gasteiger partial charge is 0.416 e. The Morgan fingerprint density at radius 1 is 0.854 bits per heavy atom. The molecule has 0 spiro atoms. The number of nitrogens with one attached hydrogen (secondary N) is 1. The van der Waals surface area contributed by atoms with Crippen molar-refractivity contribution in [1.82, 2.24) is 15.2 Å². The van der Waals surface area contributed by atoms with E-state index in [-0.39, 0.29) is 6.61 Å². The number of anilines is 1. The number of nitriles is 1. The quantitative estimate of drug-likeness (QED) is 0.238. The standard InChI is InChI=1S/C32H26F3N5O/c33-32(34,35)24-12-8-23(9-13-24)30-28-27(21-10-14-25(15-11-21)40-16-2-1-3-17-40)26(18-36)29(37-31(28)39-38-30)22-6-4-20(19-41)5-7-22/h4-15,41H,1-3,16-17,19H2,(H,37,38,39). The molecular formula is C32H26F3N5O. The molecule has 2 N–H and O–H groups in total. The number of halogens is 3. The van der Waals surface area contributed by atoms with Gasteiger partial charge >= 0.3 is 6.18 Å². The minimum absolute atomic E-state index is 0.109. The molecule has 2 aromatic heterocycles. The number of hydrogen-bond donors (Lipinski definition) is 2. The second kappa shape index (κ2) is 10.7. The molecule has 0 saturated carbocycles. The first-order chi connectivity index (χ1) is 19.9. The molecule has 0 atom stereocenters. The molecule has 1 aliphatic heterocycles. The summed E-state index contributed by atoms with van der Waals surface area (Å²) in [4.78, 5) is 7.08. The number of alkyl halides is 3. The molecule has 9 heteroatoms. The summed E-state index contributed by atoms with van der Waals surface area (Å²) in [5.41, 5.74) is 5.24. The first-order valence-corrected chi connectivity index (χ1v) is 13.4. The number of fused-ring (bicyclic) bond motifs is 1. The van der Waals surface area contributed by atoms with Gasteiger partial charge in [0.05, 0.1) is 34.5 Å². The maximum Gasteiger partial charge on any atom is 0.416 e. The van der Waals surface area contributed by atoms with Crippen molar-refractivity contribution in [2.24, 2.45) is 0 Å².